The minimum absolute atomic E-state index is 0.0478. The Bertz CT molecular complexity index is 354. The fourth-order valence-corrected chi connectivity index (χ4v) is 3.14. The van der Waals surface area contributed by atoms with Crippen LogP contribution in [-0.2, 0) is 6.42 Å². The van der Waals surface area contributed by atoms with Crippen molar-refractivity contribution in [3.8, 4) is 0 Å². The predicted octanol–water partition coefficient (Wildman–Crippen LogP) is 1.04. The van der Waals surface area contributed by atoms with Crippen molar-refractivity contribution >= 4 is 11.8 Å². The molecule has 0 amide bonds. The maximum absolute atomic E-state index is 9.20. The van der Waals surface area contributed by atoms with Gasteiger partial charge in [-0.1, -0.05) is 18.2 Å². The van der Waals surface area contributed by atoms with Gasteiger partial charge in [0.05, 0.1) is 18.8 Å². The van der Waals surface area contributed by atoms with Gasteiger partial charge in [0, 0.05) is 16.7 Å². The van der Waals surface area contributed by atoms with Crippen LogP contribution in [0.5, 0.6) is 0 Å². The normalized spacial score (nSPS) is 19.4. The summed E-state index contributed by atoms with van der Waals surface area (Å²) < 4.78 is 0. The Labute approximate surface area is 106 Å². The minimum Gasteiger partial charge on any atom is -0.394 e. The highest BCUT2D eigenvalue weighted by atomic mass is 32.2. The van der Waals surface area contributed by atoms with Crippen molar-refractivity contribution in [2.45, 2.75) is 29.0 Å². The van der Waals surface area contributed by atoms with Crippen molar-refractivity contribution in [2.24, 2.45) is 0 Å². The van der Waals surface area contributed by atoms with Crippen LogP contribution in [0.2, 0.25) is 0 Å². The van der Waals surface area contributed by atoms with Crippen molar-refractivity contribution in [2.75, 3.05) is 19.8 Å². The maximum atomic E-state index is 9.20. The van der Waals surface area contributed by atoms with Crippen LogP contribution in [0.1, 0.15) is 12.5 Å². The standard InChI is InChI=1S/C13H19NO2S/c1-13(8-15,9-16)14-7-11-6-10-4-2-3-5-12(10)17-11/h2-5,11,14-16H,6-9H2,1H3. The number of nitrogens with one attached hydrogen (secondary N) is 1. The quantitative estimate of drug-likeness (QED) is 0.734. The number of aliphatic hydroxyl groups excluding tert-OH is 2. The fourth-order valence-electron chi connectivity index (χ4n) is 1.89. The molecule has 3 N–H and O–H groups in total. The molecule has 0 saturated carbocycles. The summed E-state index contributed by atoms with van der Waals surface area (Å²) in [6, 6.07) is 8.45. The summed E-state index contributed by atoms with van der Waals surface area (Å²) in [5.41, 5.74) is 0.828. The van der Waals surface area contributed by atoms with Crippen LogP contribution in [0.25, 0.3) is 0 Å². The molecule has 0 saturated heterocycles. The summed E-state index contributed by atoms with van der Waals surface area (Å²) in [5, 5.41) is 22.1. The molecule has 0 fully saturated rings. The fraction of sp³-hybridized carbons (Fsp3) is 0.538. The van der Waals surface area contributed by atoms with Gasteiger partial charge in [-0.15, -0.1) is 11.8 Å². The first-order chi connectivity index (χ1) is 8.17. The van der Waals surface area contributed by atoms with Crippen LogP contribution in [0, 0.1) is 0 Å². The molecule has 1 aromatic rings. The van der Waals surface area contributed by atoms with Gasteiger partial charge in [-0.05, 0) is 25.0 Å². The second-order valence-electron chi connectivity index (χ2n) is 4.81. The Balaban J connectivity index is 1.88. The van der Waals surface area contributed by atoms with Crippen LogP contribution in [0.3, 0.4) is 0 Å². The van der Waals surface area contributed by atoms with E-state index in [1.807, 2.05) is 18.7 Å². The molecule has 0 radical (unpaired) electrons. The number of hydrogen-bond donors (Lipinski definition) is 3. The van der Waals surface area contributed by atoms with E-state index in [1.165, 1.54) is 10.5 Å². The topological polar surface area (TPSA) is 52.5 Å². The summed E-state index contributed by atoms with van der Waals surface area (Å²) in [6.45, 7) is 2.54. The number of thioether (sulfide) groups is 1. The lowest BCUT2D eigenvalue weighted by Crippen LogP contribution is -2.51. The van der Waals surface area contributed by atoms with E-state index in [0.717, 1.165) is 13.0 Å². The average Bonchev–Trinajstić information content (AvgIpc) is 2.79. The molecule has 1 aromatic carbocycles. The summed E-state index contributed by atoms with van der Waals surface area (Å²) in [4.78, 5) is 1.36. The van der Waals surface area contributed by atoms with Crippen molar-refractivity contribution in [1.29, 1.82) is 0 Å². The van der Waals surface area contributed by atoms with E-state index in [2.05, 4.69) is 29.6 Å². The molecule has 3 nitrogen and oxygen atoms in total. The van der Waals surface area contributed by atoms with Crippen molar-refractivity contribution in [3.05, 3.63) is 29.8 Å². The minimum atomic E-state index is -0.574. The van der Waals surface area contributed by atoms with Gasteiger partial charge in [-0.25, -0.2) is 0 Å². The van der Waals surface area contributed by atoms with Crippen LogP contribution in [-0.4, -0.2) is 40.8 Å². The van der Waals surface area contributed by atoms with E-state index < -0.39 is 5.54 Å². The van der Waals surface area contributed by atoms with Crippen LogP contribution in [0.15, 0.2) is 29.2 Å². The van der Waals surface area contributed by atoms with Crippen LogP contribution >= 0.6 is 11.8 Å². The van der Waals surface area contributed by atoms with Crippen LogP contribution in [0.4, 0.5) is 0 Å². The molecular formula is C13H19NO2S. The zero-order valence-corrected chi connectivity index (χ0v) is 10.8. The molecule has 0 aromatic heterocycles. The molecule has 94 valence electrons. The lowest BCUT2D eigenvalue weighted by atomic mass is 10.0. The van der Waals surface area contributed by atoms with Crippen molar-refractivity contribution < 1.29 is 10.2 Å². The highest BCUT2D eigenvalue weighted by Gasteiger charge is 2.26. The molecule has 1 aliphatic rings. The van der Waals surface area contributed by atoms with Crippen LogP contribution < -0.4 is 5.32 Å². The summed E-state index contributed by atoms with van der Waals surface area (Å²) >= 11 is 1.87. The third kappa shape index (κ3) is 3.01. The molecule has 1 heterocycles. The van der Waals surface area contributed by atoms with Gasteiger partial charge in [0.1, 0.15) is 0 Å². The highest BCUT2D eigenvalue weighted by Crippen LogP contribution is 2.36. The Hall–Kier alpha value is -0.550. The third-order valence-corrected chi connectivity index (χ3v) is 4.49. The lowest BCUT2D eigenvalue weighted by molar-refractivity contribution is 0.105. The SMILES string of the molecule is CC(CO)(CO)NCC1Cc2ccccc2S1. The van der Waals surface area contributed by atoms with E-state index in [4.69, 9.17) is 0 Å². The first kappa shape index (κ1) is 12.9. The molecule has 17 heavy (non-hydrogen) atoms. The Morgan fingerprint density at radius 2 is 2.06 bits per heavy atom. The zero-order chi connectivity index (χ0) is 12.3. The average molecular weight is 253 g/mol. The molecule has 1 unspecified atom stereocenters. The van der Waals surface area contributed by atoms with Gasteiger partial charge in [0.2, 0.25) is 0 Å². The van der Waals surface area contributed by atoms with E-state index in [9.17, 15) is 10.2 Å². The summed E-state index contributed by atoms with van der Waals surface area (Å²) in [5.74, 6) is 0. The first-order valence-electron chi connectivity index (χ1n) is 5.88. The van der Waals surface area contributed by atoms with E-state index in [1.54, 1.807) is 0 Å². The highest BCUT2D eigenvalue weighted by molar-refractivity contribution is 8.00. The second kappa shape index (κ2) is 5.40. The second-order valence-corrected chi connectivity index (χ2v) is 6.15. The largest absolute Gasteiger partial charge is 0.394 e. The van der Waals surface area contributed by atoms with Gasteiger partial charge < -0.3 is 15.5 Å². The van der Waals surface area contributed by atoms with Gasteiger partial charge in [0.25, 0.3) is 0 Å². The number of rotatable bonds is 5. The van der Waals surface area contributed by atoms with Crippen molar-refractivity contribution in [1.82, 2.24) is 5.32 Å². The monoisotopic (exact) mass is 253 g/mol. The van der Waals surface area contributed by atoms with Gasteiger partial charge in [-0.2, -0.15) is 0 Å². The van der Waals surface area contributed by atoms with Gasteiger partial charge >= 0.3 is 0 Å². The van der Waals surface area contributed by atoms with E-state index >= 15 is 0 Å². The Kier molecular flexibility index (Phi) is 4.09. The first-order valence-corrected chi connectivity index (χ1v) is 6.76. The zero-order valence-electron chi connectivity index (χ0n) is 10.0. The third-order valence-electron chi connectivity index (χ3n) is 3.17. The molecule has 0 bridgehead atoms. The predicted molar refractivity (Wildman–Crippen MR) is 70.4 cm³/mol. The molecule has 0 spiro atoms. The smallest absolute Gasteiger partial charge is 0.0633 e. The summed E-state index contributed by atoms with van der Waals surface area (Å²) in [7, 11) is 0. The van der Waals surface area contributed by atoms with Gasteiger partial charge in [-0.3, -0.25) is 0 Å². The molecular weight excluding hydrogens is 234 g/mol. The molecule has 2 rings (SSSR count). The Morgan fingerprint density at radius 1 is 1.35 bits per heavy atom. The molecule has 0 aliphatic carbocycles. The Morgan fingerprint density at radius 3 is 2.71 bits per heavy atom. The lowest BCUT2D eigenvalue weighted by Gasteiger charge is -2.27. The molecule has 1 atom stereocenters. The summed E-state index contributed by atoms with van der Waals surface area (Å²) in [6.07, 6.45) is 1.06. The molecule has 1 aliphatic heterocycles. The van der Waals surface area contributed by atoms with Gasteiger partial charge in [0.15, 0.2) is 0 Å². The number of aliphatic hydroxyl groups is 2. The maximum Gasteiger partial charge on any atom is 0.0633 e. The molecule has 4 heteroatoms. The van der Waals surface area contributed by atoms with E-state index in [-0.39, 0.29) is 13.2 Å². The number of fused-ring (bicyclic) bond motifs is 1. The van der Waals surface area contributed by atoms with E-state index in [0.29, 0.717) is 5.25 Å². The number of hydrogen-bond acceptors (Lipinski definition) is 4. The number of benzene rings is 1. The van der Waals surface area contributed by atoms with Crippen molar-refractivity contribution in [3.63, 3.8) is 0 Å².